The van der Waals surface area contributed by atoms with Crippen LogP contribution in [0, 0.1) is 6.92 Å². The Balaban J connectivity index is 1.94. The predicted molar refractivity (Wildman–Crippen MR) is 82.5 cm³/mol. The number of aryl methyl sites for hydroxylation is 1. The van der Waals surface area contributed by atoms with Crippen molar-refractivity contribution in [2.24, 2.45) is 0 Å². The fourth-order valence-corrected chi connectivity index (χ4v) is 3.32. The zero-order valence-corrected chi connectivity index (χ0v) is 12.5. The molecule has 0 atom stereocenters. The second kappa shape index (κ2) is 8.35. The molecule has 0 aromatic carbocycles. The van der Waals surface area contributed by atoms with E-state index in [0.717, 1.165) is 5.92 Å². The van der Waals surface area contributed by atoms with E-state index in [1.165, 1.54) is 81.9 Å². The Labute approximate surface area is 118 Å². The minimum atomic E-state index is 0.779. The molecule has 2 rings (SSSR count). The summed E-state index contributed by atoms with van der Waals surface area (Å²) in [5, 5.41) is 0. The molecule has 1 heteroatoms. The third kappa shape index (κ3) is 5.34. The van der Waals surface area contributed by atoms with E-state index in [4.69, 9.17) is 0 Å². The lowest BCUT2D eigenvalue weighted by molar-refractivity contribution is 0.467. The quantitative estimate of drug-likeness (QED) is 0.623. The Morgan fingerprint density at radius 1 is 0.842 bits per heavy atom. The summed E-state index contributed by atoms with van der Waals surface area (Å²) in [5.41, 5.74) is 2.70. The first-order chi connectivity index (χ1) is 9.36. The van der Waals surface area contributed by atoms with Gasteiger partial charge >= 0.3 is 0 Å². The third-order valence-electron chi connectivity index (χ3n) is 4.50. The van der Waals surface area contributed by atoms with Gasteiger partial charge in [0.25, 0.3) is 0 Å². The summed E-state index contributed by atoms with van der Waals surface area (Å²) in [4.78, 5) is 4.34. The number of pyridine rings is 1. The van der Waals surface area contributed by atoms with Crippen LogP contribution in [-0.4, -0.2) is 4.98 Å². The van der Waals surface area contributed by atoms with Crippen molar-refractivity contribution in [2.75, 3.05) is 0 Å². The molecule has 106 valence electrons. The Morgan fingerprint density at radius 3 is 1.89 bits per heavy atom. The average Bonchev–Trinajstić information content (AvgIpc) is 2.39. The van der Waals surface area contributed by atoms with Crippen LogP contribution < -0.4 is 0 Å². The fourth-order valence-electron chi connectivity index (χ4n) is 3.32. The molecule has 0 saturated heterocycles. The molecule has 1 aliphatic rings. The second-order valence-electron chi connectivity index (χ2n) is 6.19. The van der Waals surface area contributed by atoms with E-state index < -0.39 is 0 Å². The van der Waals surface area contributed by atoms with Gasteiger partial charge in [-0.1, -0.05) is 57.8 Å². The maximum absolute atomic E-state index is 4.34. The van der Waals surface area contributed by atoms with Crippen molar-refractivity contribution in [3.8, 4) is 0 Å². The zero-order valence-electron chi connectivity index (χ0n) is 12.5. The lowest BCUT2D eigenvalue weighted by Crippen LogP contribution is -2.01. The molecule has 1 heterocycles. The number of aromatic nitrogens is 1. The minimum absolute atomic E-state index is 0.779. The Kier molecular flexibility index (Phi) is 6.39. The van der Waals surface area contributed by atoms with Crippen LogP contribution in [-0.2, 0) is 0 Å². The Hall–Kier alpha value is -0.850. The van der Waals surface area contributed by atoms with Crippen LogP contribution in [0.4, 0.5) is 0 Å². The van der Waals surface area contributed by atoms with Gasteiger partial charge in [-0.05, 0) is 43.4 Å². The summed E-state index contributed by atoms with van der Waals surface area (Å²) in [5.74, 6) is 0.779. The molecule has 0 amide bonds. The summed E-state index contributed by atoms with van der Waals surface area (Å²) in [6, 6.07) is 4.54. The number of hydrogen-bond acceptors (Lipinski definition) is 1. The molecule has 1 saturated carbocycles. The van der Waals surface area contributed by atoms with E-state index in [-0.39, 0.29) is 0 Å². The Morgan fingerprint density at radius 2 is 1.37 bits per heavy atom. The molecule has 1 aromatic rings. The van der Waals surface area contributed by atoms with Crippen LogP contribution in [0.25, 0.3) is 0 Å². The van der Waals surface area contributed by atoms with E-state index in [9.17, 15) is 0 Å². The topological polar surface area (TPSA) is 12.9 Å². The average molecular weight is 259 g/mol. The van der Waals surface area contributed by atoms with Crippen molar-refractivity contribution in [3.63, 3.8) is 0 Å². The standard InChI is InChI=1S/C18H29N/c1-16-15-18(13-14-19-16)17-11-9-7-5-3-2-4-6-8-10-12-17/h13-15,17H,2-12H2,1H3. The SMILES string of the molecule is Cc1cc(C2CCCCCCCCCCC2)ccn1. The van der Waals surface area contributed by atoms with E-state index in [0.29, 0.717) is 0 Å². The summed E-state index contributed by atoms with van der Waals surface area (Å²) in [7, 11) is 0. The molecule has 0 bridgehead atoms. The number of rotatable bonds is 1. The summed E-state index contributed by atoms with van der Waals surface area (Å²) in [6.07, 6.45) is 17.7. The first-order valence-electron chi connectivity index (χ1n) is 8.29. The van der Waals surface area contributed by atoms with E-state index in [1.807, 2.05) is 6.20 Å². The van der Waals surface area contributed by atoms with Crippen molar-refractivity contribution in [2.45, 2.75) is 83.5 Å². The molecule has 1 aromatic heterocycles. The van der Waals surface area contributed by atoms with Crippen molar-refractivity contribution < 1.29 is 0 Å². The normalized spacial score (nSPS) is 20.5. The number of nitrogens with zero attached hydrogens (tertiary/aromatic N) is 1. The third-order valence-corrected chi connectivity index (χ3v) is 4.50. The zero-order chi connectivity index (χ0) is 13.3. The van der Waals surface area contributed by atoms with E-state index in [2.05, 4.69) is 24.0 Å². The highest BCUT2D eigenvalue weighted by molar-refractivity contribution is 5.19. The minimum Gasteiger partial charge on any atom is -0.262 e. The van der Waals surface area contributed by atoms with Crippen LogP contribution >= 0.6 is 0 Å². The van der Waals surface area contributed by atoms with Gasteiger partial charge in [0.1, 0.15) is 0 Å². The van der Waals surface area contributed by atoms with Gasteiger partial charge in [-0.25, -0.2) is 0 Å². The molecular weight excluding hydrogens is 230 g/mol. The van der Waals surface area contributed by atoms with E-state index in [1.54, 1.807) is 0 Å². The van der Waals surface area contributed by atoms with Gasteiger partial charge in [-0.15, -0.1) is 0 Å². The highest BCUT2D eigenvalue weighted by atomic mass is 14.6. The van der Waals surface area contributed by atoms with Crippen molar-refractivity contribution in [3.05, 3.63) is 29.6 Å². The van der Waals surface area contributed by atoms with Crippen LogP contribution in [0.1, 0.15) is 87.8 Å². The van der Waals surface area contributed by atoms with Crippen LogP contribution in [0.3, 0.4) is 0 Å². The molecule has 0 spiro atoms. The molecule has 0 radical (unpaired) electrons. The molecule has 19 heavy (non-hydrogen) atoms. The van der Waals surface area contributed by atoms with Gasteiger partial charge in [-0.2, -0.15) is 0 Å². The van der Waals surface area contributed by atoms with Crippen molar-refractivity contribution >= 4 is 0 Å². The van der Waals surface area contributed by atoms with Crippen LogP contribution in [0.5, 0.6) is 0 Å². The van der Waals surface area contributed by atoms with Gasteiger partial charge in [0.15, 0.2) is 0 Å². The molecule has 1 fully saturated rings. The van der Waals surface area contributed by atoms with Crippen molar-refractivity contribution in [1.82, 2.24) is 4.98 Å². The van der Waals surface area contributed by atoms with Crippen LogP contribution in [0.2, 0.25) is 0 Å². The van der Waals surface area contributed by atoms with Gasteiger partial charge in [0.05, 0.1) is 0 Å². The predicted octanol–water partition coefficient (Wildman–Crippen LogP) is 5.78. The molecule has 1 aliphatic carbocycles. The van der Waals surface area contributed by atoms with E-state index >= 15 is 0 Å². The fraction of sp³-hybridized carbons (Fsp3) is 0.722. The monoisotopic (exact) mass is 259 g/mol. The highest BCUT2D eigenvalue weighted by Gasteiger charge is 2.12. The maximum Gasteiger partial charge on any atom is 0.0375 e. The molecule has 0 aliphatic heterocycles. The second-order valence-corrected chi connectivity index (χ2v) is 6.19. The molecule has 0 N–H and O–H groups in total. The van der Waals surface area contributed by atoms with Gasteiger partial charge < -0.3 is 0 Å². The largest absolute Gasteiger partial charge is 0.262 e. The maximum atomic E-state index is 4.34. The number of hydrogen-bond donors (Lipinski definition) is 0. The molecular formula is C18H29N. The molecule has 0 unspecified atom stereocenters. The lowest BCUT2D eigenvalue weighted by Gasteiger charge is -2.18. The molecule has 1 nitrogen and oxygen atoms in total. The summed E-state index contributed by atoms with van der Waals surface area (Å²) in [6.45, 7) is 2.11. The van der Waals surface area contributed by atoms with Gasteiger partial charge in [0, 0.05) is 11.9 Å². The first kappa shape index (κ1) is 14.6. The lowest BCUT2D eigenvalue weighted by atomic mass is 9.87. The van der Waals surface area contributed by atoms with Crippen molar-refractivity contribution in [1.29, 1.82) is 0 Å². The first-order valence-corrected chi connectivity index (χ1v) is 8.29. The highest BCUT2D eigenvalue weighted by Crippen LogP contribution is 2.29. The van der Waals surface area contributed by atoms with Gasteiger partial charge in [-0.3, -0.25) is 4.98 Å². The van der Waals surface area contributed by atoms with Gasteiger partial charge in [0.2, 0.25) is 0 Å². The van der Waals surface area contributed by atoms with Crippen LogP contribution in [0.15, 0.2) is 18.3 Å². The summed E-state index contributed by atoms with van der Waals surface area (Å²) >= 11 is 0. The summed E-state index contributed by atoms with van der Waals surface area (Å²) < 4.78 is 0. The smallest absolute Gasteiger partial charge is 0.0375 e. The Bertz CT molecular complexity index is 346.